The Labute approximate surface area is 121 Å². The van der Waals surface area contributed by atoms with Crippen molar-refractivity contribution >= 4 is 5.97 Å². The minimum Gasteiger partial charge on any atom is -0.481 e. The first-order chi connectivity index (χ1) is 9.65. The molecule has 1 saturated carbocycles. The van der Waals surface area contributed by atoms with Gasteiger partial charge in [-0.3, -0.25) is 9.48 Å². The van der Waals surface area contributed by atoms with E-state index in [9.17, 15) is 9.90 Å². The van der Waals surface area contributed by atoms with Gasteiger partial charge in [-0.25, -0.2) is 0 Å². The molecule has 0 amide bonds. The van der Waals surface area contributed by atoms with Gasteiger partial charge < -0.3 is 5.11 Å². The molecule has 1 aliphatic rings. The van der Waals surface area contributed by atoms with Crippen LogP contribution in [0.15, 0.2) is 12.3 Å². The third-order valence-corrected chi connectivity index (χ3v) is 4.70. The van der Waals surface area contributed by atoms with E-state index >= 15 is 0 Å². The third kappa shape index (κ3) is 3.41. The summed E-state index contributed by atoms with van der Waals surface area (Å²) < 4.78 is 2.00. The van der Waals surface area contributed by atoms with Gasteiger partial charge in [0.1, 0.15) is 0 Å². The predicted octanol–water partition coefficient (Wildman–Crippen LogP) is 3.68. The molecular formula is C16H26N2O2. The lowest BCUT2D eigenvalue weighted by Gasteiger charge is -2.18. The van der Waals surface area contributed by atoms with Gasteiger partial charge in [-0.05, 0) is 37.7 Å². The number of carbonyl (C=O) groups is 1. The van der Waals surface area contributed by atoms with Crippen LogP contribution in [0.5, 0.6) is 0 Å². The van der Waals surface area contributed by atoms with Crippen molar-refractivity contribution in [2.75, 3.05) is 0 Å². The molecule has 0 saturated heterocycles. The van der Waals surface area contributed by atoms with Crippen LogP contribution < -0.4 is 0 Å². The second-order valence-electron chi connectivity index (χ2n) is 5.95. The van der Waals surface area contributed by atoms with Crippen LogP contribution in [0.25, 0.3) is 0 Å². The standard InChI is InChI=1S/C16H26N2O2/c1-3-14(4-2)18-10-9-13(17-18)11-15(16(19)20)12-7-5-6-8-12/h9-10,12,14-15H,3-8,11H2,1-2H3,(H,19,20). The molecule has 2 rings (SSSR count). The number of rotatable bonds is 7. The molecule has 0 spiro atoms. The lowest BCUT2D eigenvalue weighted by molar-refractivity contribution is -0.143. The Kier molecular flexibility index (Phi) is 5.21. The molecule has 112 valence electrons. The molecule has 1 aliphatic carbocycles. The zero-order valence-corrected chi connectivity index (χ0v) is 12.6. The summed E-state index contributed by atoms with van der Waals surface area (Å²) in [7, 11) is 0. The molecule has 4 heteroatoms. The Morgan fingerprint density at radius 2 is 2.05 bits per heavy atom. The molecule has 0 bridgehead atoms. The number of aromatic nitrogens is 2. The largest absolute Gasteiger partial charge is 0.481 e. The molecule has 4 nitrogen and oxygen atoms in total. The topological polar surface area (TPSA) is 55.1 Å². The monoisotopic (exact) mass is 278 g/mol. The first kappa shape index (κ1) is 15.1. The first-order valence-corrected chi connectivity index (χ1v) is 7.92. The van der Waals surface area contributed by atoms with Gasteiger partial charge in [0, 0.05) is 12.6 Å². The molecular weight excluding hydrogens is 252 g/mol. The molecule has 1 unspecified atom stereocenters. The Bertz CT molecular complexity index is 431. The number of hydrogen-bond acceptors (Lipinski definition) is 2. The van der Waals surface area contributed by atoms with E-state index in [4.69, 9.17) is 0 Å². The van der Waals surface area contributed by atoms with Crippen LogP contribution in [0, 0.1) is 11.8 Å². The van der Waals surface area contributed by atoms with Crippen LogP contribution in [0.3, 0.4) is 0 Å². The minimum absolute atomic E-state index is 0.262. The van der Waals surface area contributed by atoms with Crippen LogP contribution in [0.4, 0.5) is 0 Å². The maximum absolute atomic E-state index is 11.5. The van der Waals surface area contributed by atoms with Gasteiger partial charge in [0.2, 0.25) is 0 Å². The van der Waals surface area contributed by atoms with Crippen molar-refractivity contribution in [2.24, 2.45) is 11.8 Å². The molecule has 20 heavy (non-hydrogen) atoms. The normalized spacial score (nSPS) is 17.8. The zero-order chi connectivity index (χ0) is 14.5. The van der Waals surface area contributed by atoms with E-state index in [1.807, 2.05) is 16.9 Å². The van der Waals surface area contributed by atoms with Crippen LogP contribution in [-0.2, 0) is 11.2 Å². The smallest absolute Gasteiger partial charge is 0.307 e. The molecule has 1 aromatic heterocycles. The second kappa shape index (κ2) is 6.91. The van der Waals surface area contributed by atoms with E-state index in [1.54, 1.807) is 0 Å². The van der Waals surface area contributed by atoms with Crippen LogP contribution in [-0.4, -0.2) is 20.9 Å². The Morgan fingerprint density at radius 1 is 1.40 bits per heavy atom. The fraction of sp³-hybridized carbons (Fsp3) is 0.750. The summed E-state index contributed by atoms with van der Waals surface area (Å²) >= 11 is 0. The van der Waals surface area contributed by atoms with Gasteiger partial charge in [0.15, 0.2) is 0 Å². The van der Waals surface area contributed by atoms with E-state index in [0.29, 0.717) is 18.4 Å². The summed E-state index contributed by atoms with van der Waals surface area (Å²) in [4.78, 5) is 11.5. The first-order valence-electron chi connectivity index (χ1n) is 7.92. The number of carboxylic acid groups (broad SMARTS) is 1. The van der Waals surface area contributed by atoms with Crippen molar-refractivity contribution in [1.82, 2.24) is 9.78 Å². The second-order valence-corrected chi connectivity index (χ2v) is 5.95. The van der Waals surface area contributed by atoms with Gasteiger partial charge in [-0.1, -0.05) is 26.7 Å². The molecule has 1 N–H and O–H groups in total. The molecule has 1 fully saturated rings. The summed E-state index contributed by atoms with van der Waals surface area (Å²) in [5.41, 5.74) is 0.927. The van der Waals surface area contributed by atoms with E-state index in [0.717, 1.165) is 31.4 Å². The van der Waals surface area contributed by atoms with Crippen molar-refractivity contribution < 1.29 is 9.90 Å². The quantitative estimate of drug-likeness (QED) is 0.827. The van der Waals surface area contributed by atoms with Crippen molar-refractivity contribution in [3.8, 4) is 0 Å². The average molecular weight is 278 g/mol. The van der Waals surface area contributed by atoms with Crippen molar-refractivity contribution in [3.63, 3.8) is 0 Å². The summed E-state index contributed by atoms with van der Waals surface area (Å²) in [5, 5.41) is 14.1. The third-order valence-electron chi connectivity index (χ3n) is 4.70. The van der Waals surface area contributed by atoms with Crippen molar-refractivity contribution in [3.05, 3.63) is 18.0 Å². The van der Waals surface area contributed by atoms with Gasteiger partial charge in [0.05, 0.1) is 17.7 Å². The maximum atomic E-state index is 11.5. The number of hydrogen-bond donors (Lipinski definition) is 1. The lowest BCUT2D eigenvalue weighted by Crippen LogP contribution is -2.24. The fourth-order valence-corrected chi connectivity index (χ4v) is 3.39. The molecule has 0 aromatic carbocycles. The average Bonchev–Trinajstić information content (AvgIpc) is 3.08. The number of nitrogens with zero attached hydrogens (tertiary/aromatic N) is 2. The van der Waals surface area contributed by atoms with Gasteiger partial charge in [-0.15, -0.1) is 0 Å². The highest BCUT2D eigenvalue weighted by molar-refractivity contribution is 5.70. The highest BCUT2D eigenvalue weighted by Gasteiger charge is 2.31. The van der Waals surface area contributed by atoms with Crippen molar-refractivity contribution in [2.45, 2.75) is 64.8 Å². The van der Waals surface area contributed by atoms with E-state index in [-0.39, 0.29) is 5.92 Å². The van der Waals surface area contributed by atoms with Crippen molar-refractivity contribution in [1.29, 1.82) is 0 Å². The molecule has 1 atom stereocenters. The molecule has 0 aliphatic heterocycles. The SMILES string of the molecule is CCC(CC)n1ccc(CC(C(=O)O)C2CCCC2)n1. The molecule has 1 aromatic rings. The predicted molar refractivity (Wildman–Crippen MR) is 78.6 cm³/mol. The van der Waals surface area contributed by atoms with E-state index < -0.39 is 5.97 Å². The van der Waals surface area contributed by atoms with Gasteiger partial charge >= 0.3 is 5.97 Å². The Morgan fingerprint density at radius 3 is 2.60 bits per heavy atom. The lowest BCUT2D eigenvalue weighted by atomic mass is 9.87. The molecule has 1 heterocycles. The van der Waals surface area contributed by atoms with Crippen LogP contribution in [0.2, 0.25) is 0 Å². The zero-order valence-electron chi connectivity index (χ0n) is 12.6. The Hall–Kier alpha value is -1.32. The van der Waals surface area contributed by atoms with Crippen LogP contribution in [0.1, 0.15) is 64.1 Å². The summed E-state index contributed by atoms with van der Waals surface area (Å²) in [5.74, 6) is -0.581. The molecule has 0 radical (unpaired) electrons. The Balaban J connectivity index is 2.05. The highest BCUT2D eigenvalue weighted by Crippen LogP contribution is 2.33. The summed E-state index contributed by atoms with van der Waals surface area (Å²) in [6.07, 6.45) is 9.17. The van der Waals surface area contributed by atoms with E-state index in [1.165, 1.54) is 12.8 Å². The maximum Gasteiger partial charge on any atom is 0.307 e. The number of aliphatic carboxylic acids is 1. The van der Waals surface area contributed by atoms with Gasteiger partial charge in [-0.2, -0.15) is 5.10 Å². The highest BCUT2D eigenvalue weighted by atomic mass is 16.4. The minimum atomic E-state index is -0.658. The number of carboxylic acids is 1. The van der Waals surface area contributed by atoms with E-state index in [2.05, 4.69) is 18.9 Å². The summed E-state index contributed by atoms with van der Waals surface area (Å²) in [6.45, 7) is 4.32. The van der Waals surface area contributed by atoms with Gasteiger partial charge in [0.25, 0.3) is 0 Å². The van der Waals surface area contributed by atoms with Crippen LogP contribution >= 0.6 is 0 Å². The fourth-order valence-electron chi connectivity index (χ4n) is 3.39. The summed E-state index contributed by atoms with van der Waals surface area (Å²) in [6, 6.07) is 2.42.